The molecule has 5 rings (SSSR count). The molecule has 1 fully saturated rings. The van der Waals surface area contributed by atoms with Crippen LogP contribution in [0.15, 0.2) is 51.5 Å². The Morgan fingerprint density at radius 3 is 2.61 bits per heavy atom. The fourth-order valence-corrected chi connectivity index (χ4v) is 7.77. The molecule has 1 saturated heterocycles. The SMILES string of the molecule is Cc1nc2cc(NCCN3CCCCC3)ccc2c(=O)n1-c1ccc(NC(=O)NS(=O)(=O)C2=CCC(Cl)S2)cc1F. The summed E-state index contributed by atoms with van der Waals surface area (Å²) in [5, 5.41) is 6.03. The second-order valence-corrected chi connectivity index (χ2v) is 13.8. The monoisotopic (exact) mass is 620 g/mol. The molecule has 0 aliphatic carbocycles. The third kappa shape index (κ3) is 6.85. The Hall–Kier alpha value is -3.13. The highest BCUT2D eigenvalue weighted by atomic mass is 35.5. The number of benzene rings is 2. The van der Waals surface area contributed by atoms with Gasteiger partial charge in [0.25, 0.3) is 15.6 Å². The summed E-state index contributed by atoms with van der Waals surface area (Å²) in [6, 6.07) is 7.94. The number of likely N-dealkylation sites (tertiary alicyclic amines) is 1. The molecule has 41 heavy (non-hydrogen) atoms. The van der Waals surface area contributed by atoms with Crippen molar-refractivity contribution >= 4 is 61.7 Å². The molecule has 14 heteroatoms. The average Bonchev–Trinajstić information content (AvgIpc) is 3.37. The van der Waals surface area contributed by atoms with E-state index in [1.807, 2.05) is 16.9 Å². The number of urea groups is 1. The number of carbonyl (C=O) groups excluding carboxylic acids is 1. The van der Waals surface area contributed by atoms with Crippen LogP contribution in [0, 0.1) is 12.7 Å². The van der Waals surface area contributed by atoms with Gasteiger partial charge in [0.2, 0.25) is 0 Å². The maximum Gasteiger partial charge on any atom is 0.333 e. The van der Waals surface area contributed by atoms with Crippen LogP contribution in [0.2, 0.25) is 0 Å². The number of nitrogens with zero attached hydrogens (tertiary/aromatic N) is 3. The number of aromatic nitrogens is 2. The van der Waals surface area contributed by atoms with Gasteiger partial charge in [0, 0.05) is 24.5 Å². The van der Waals surface area contributed by atoms with Gasteiger partial charge in [-0.25, -0.2) is 27.3 Å². The van der Waals surface area contributed by atoms with E-state index in [1.165, 1.54) is 42.0 Å². The molecule has 2 aliphatic heterocycles. The predicted octanol–water partition coefficient (Wildman–Crippen LogP) is 4.73. The summed E-state index contributed by atoms with van der Waals surface area (Å²) in [6.07, 6.45) is 5.55. The first-order valence-corrected chi connectivity index (χ1v) is 16.0. The van der Waals surface area contributed by atoms with Crippen LogP contribution in [-0.4, -0.2) is 59.8 Å². The average molecular weight is 621 g/mol. The number of allylic oxidation sites excluding steroid dienone is 1. The Balaban J connectivity index is 1.29. The number of nitrogens with one attached hydrogen (secondary N) is 3. The molecular weight excluding hydrogens is 591 g/mol. The van der Waals surface area contributed by atoms with Crippen LogP contribution >= 0.6 is 23.4 Å². The van der Waals surface area contributed by atoms with Crippen LogP contribution in [0.1, 0.15) is 31.5 Å². The number of alkyl halides is 1. The molecule has 3 heterocycles. The molecule has 2 aromatic carbocycles. The molecule has 2 amide bonds. The molecule has 0 spiro atoms. The molecular formula is C27H30ClFN6O4S2. The van der Waals surface area contributed by atoms with Gasteiger partial charge >= 0.3 is 6.03 Å². The largest absolute Gasteiger partial charge is 0.384 e. The van der Waals surface area contributed by atoms with Crippen LogP contribution < -0.4 is 20.9 Å². The highest BCUT2D eigenvalue weighted by Crippen LogP contribution is 2.37. The number of sulfonamides is 1. The topological polar surface area (TPSA) is 125 Å². The number of hydrogen-bond acceptors (Lipinski definition) is 8. The van der Waals surface area contributed by atoms with Gasteiger partial charge in [-0.1, -0.05) is 24.3 Å². The standard InChI is InChI=1S/C27H30ClFN6O4S2/c1-17-31-22-16-18(30-11-14-34-12-3-2-4-13-34)5-7-20(22)26(36)35(17)23-8-6-19(15-21(23)29)32-27(37)33-41(38,39)25-10-9-24(28)40-25/h5-8,10,15-16,24,30H,2-4,9,11-14H2,1H3,(H2,32,33,37). The van der Waals surface area contributed by atoms with Crippen LogP contribution in [0.25, 0.3) is 16.6 Å². The van der Waals surface area contributed by atoms with Gasteiger partial charge in [-0.05, 0) is 75.7 Å². The zero-order valence-electron chi connectivity index (χ0n) is 22.3. The molecule has 3 aromatic rings. The summed E-state index contributed by atoms with van der Waals surface area (Å²) in [6.45, 7) is 5.58. The molecule has 1 aromatic heterocycles. The lowest BCUT2D eigenvalue weighted by molar-refractivity contribution is 0.237. The number of piperidine rings is 1. The zero-order valence-corrected chi connectivity index (χ0v) is 24.7. The lowest BCUT2D eigenvalue weighted by Crippen LogP contribution is -2.34. The van der Waals surface area contributed by atoms with Gasteiger partial charge in [0.05, 0.1) is 21.3 Å². The number of rotatable bonds is 8. The number of amides is 2. The van der Waals surface area contributed by atoms with Gasteiger partial charge in [-0.3, -0.25) is 9.36 Å². The van der Waals surface area contributed by atoms with Crippen LogP contribution in [0.4, 0.5) is 20.6 Å². The normalized spacial score (nSPS) is 17.8. The highest BCUT2D eigenvalue weighted by Gasteiger charge is 2.28. The van der Waals surface area contributed by atoms with Crippen LogP contribution in [0.5, 0.6) is 0 Å². The van der Waals surface area contributed by atoms with E-state index in [1.54, 1.807) is 13.0 Å². The maximum atomic E-state index is 15.2. The first-order chi connectivity index (χ1) is 19.6. The van der Waals surface area contributed by atoms with Gasteiger partial charge in [-0.15, -0.1) is 11.6 Å². The molecule has 0 radical (unpaired) electrons. The Morgan fingerprint density at radius 1 is 1.15 bits per heavy atom. The zero-order chi connectivity index (χ0) is 29.1. The Kier molecular flexibility index (Phi) is 8.88. The fourth-order valence-electron chi connectivity index (χ4n) is 4.91. The van der Waals surface area contributed by atoms with Crippen molar-refractivity contribution in [2.24, 2.45) is 0 Å². The van der Waals surface area contributed by atoms with Crippen molar-refractivity contribution in [3.8, 4) is 5.69 Å². The molecule has 10 nitrogen and oxygen atoms in total. The van der Waals surface area contributed by atoms with E-state index in [0.717, 1.165) is 49.7 Å². The molecule has 1 atom stereocenters. The van der Waals surface area contributed by atoms with Crippen molar-refractivity contribution in [2.75, 3.05) is 36.8 Å². The van der Waals surface area contributed by atoms with E-state index < -0.39 is 32.1 Å². The van der Waals surface area contributed by atoms with Crippen LogP contribution in [0.3, 0.4) is 0 Å². The minimum absolute atomic E-state index is 0.00180. The van der Waals surface area contributed by atoms with Crippen LogP contribution in [-0.2, 0) is 10.0 Å². The Labute approximate surface area is 246 Å². The second kappa shape index (κ2) is 12.4. The molecule has 1 unspecified atom stereocenters. The Bertz CT molecular complexity index is 1670. The lowest BCUT2D eigenvalue weighted by Gasteiger charge is -2.26. The minimum atomic E-state index is -4.10. The van der Waals surface area contributed by atoms with Crippen molar-refractivity contribution in [1.82, 2.24) is 19.2 Å². The molecule has 0 saturated carbocycles. The van der Waals surface area contributed by atoms with Gasteiger partial charge < -0.3 is 15.5 Å². The van der Waals surface area contributed by atoms with E-state index >= 15 is 4.39 Å². The van der Waals surface area contributed by atoms with Gasteiger partial charge in [-0.2, -0.15) is 0 Å². The highest BCUT2D eigenvalue weighted by molar-refractivity contribution is 8.19. The molecule has 2 aliphatic rings. The lowest BCUT2D eigenvalue weighted by atomic mass is 10.1. The first-order valence-electron chi connectivity index (χ1n) is 13.2. The summed E-state index contributed by atoms with van der Waals surface area (Å²) in [5.41, 5.74) is 0.868. The summed E-state index contributed by atoms with van der Waals surface area (Å²) < 4.78 is 42.5. The third-order valence-electron chi connectivity index (χ3n) is 6.90. The number of thioether (sulfide) groups is 1. The van der Waals surface area contributed by atoms with Crippen molar-refractivity contribution in [3.63, 3.8) is 0 Å². The molecule has 218 valence electrons. The Morgan fingerprint density at radius 2 is 1.90 bits per heavy atom. The number of hydrogen-bond donors (Lipinski definition) is 3. The van der Waals surface area contributed by atoms with Crippen molar-refractivity contribution < 1.29 is 17.6 Å². The first kappa shape index (κ1) is 29.4. The summed E-state index contributed by atoms with van der Waals surface area (Å²) in [5.74, 6) is -0.511. The van der Waals surface area contributed by atoms with E-state index in [2.05, 4.69) is 20.5 Å². The van der Waals surface area contributed by atoms with E-state index in [0.29, 0.717) is 17.3 Å². The van der Waals surface area contributed by atoms with Gasteiger partial charge in [0.1, 0.15) is 15.9 Å². The van der Waals surface area contributed by atoms with Crippen molar-refractivity contribution in [3.05, 3.63) is 68.7 Å². The smallest absolute Gasteiger partial charge is 0.333 e. The number of aryl methyl sites for hydroxylation is 1. The minimum Gasteiger partial charge on any atom is -0.384 e. The quantitative estimate of drug-likeness (QED) is 0.309. The van der Waals surface area contributed by atoms with E-state index in [-0.39, 0.29) is 21.4 Å². The maximum absolute atomic E-state index is 15.2. The van der Waals surface area contributed by atoms with E-state index in [4.69, 9.17) is 11.6 Å². The number of fused-ring (bicyclic) bond motifs is 1. The van der Waals surface area contributed by atoms with Gasteiger partial charge in [0.15, 0.2) is 0 Å². The summed E-state index contributed by atoms with van der Waals surface area (Å²) in [4.78, 5) is 32.6. The number of anilines is 2. The van der Waals surface area contributed by atoms with Crippen molar-refractivity contribution in [2.45, 2.75) is 37.3 Å². The van der Waals surface area contributed by atoms with E-state index in [9.17, 15) is 18.0 Å². The molecule has 3 N–H and O–H groups in total. The third-order valence-corrected chi connectivity index (χ3v) is 10.3. The second-order valence-electron chi connectivity index (χ2n) is 9.87. The van der Waals surface area contributed by atoms with Crippen molar-refractivity contribution in [1.29, 1.82) is 0 Å². The summed E-state index contributed by atoms with van der Waals surface area (Å²) >= 11 is 6.84. The number of carbonyl (C=O) groups is 1. The fraction of sp³-hybridized carbons (Fsp3) is 0.370. The molecule has 0 bridgehead atoms. The predicted molar refractivity (Wildman–Crippen MR) is 162 cm³/mol. The number of halogens is 2. The summed E-state index contributed by atoms with van der Waals surface area (Å²) in [7, 11) is -4.10.